The lowest BCUT2D eigenvalue weighted by Crippen LogP contribution is -2.49. The average molecular weight is 345 g/mol. The molecule has 1 fully saturated rings. The number of nitrogens with zero attached hydrogens (tertiary/aromatic N) is 3. The summed E-state index contributed by atoms with van der Waals surface area (Å²) in [6, 6.07) is 13.7. The van der Waals surface area contributed by atoms with E-state index in [2.05, 4.69) is 16.8 Å². The smallest absolute Gasteiger partial charge is 0.218 e. The van der Waals surface area contributed by atoms with Crippen molar-refractivity contribution in [2.45, 2.75) is 18.7 Å². The number of hydrogen-bond donors (Lipinski definition) is 0. The normalized spacial score (nSPS) is 18.4. The fraction of sp³-hybridized carbons (Fsp3) is 0.389. The standard InChI is InChI=1S/C18H23N3O2S/c1-16(18-7-9-19-10-8-18)20-11-13-21(14-12-20)24(22,23)15-17-5-3-2-4-6-17/h2-10,16H,11-15H2,1H3/t16-/m0/s1. The van der Waals surface area contributed by atoms with Crippen molar-refractivity contribution in [3.63, 3.8) is 0 Å². The summed E-state index contributed by atoms with van der Waals surface area (Å²) in [5, 5.41) is 0. The number of piperazine rings is 1. The first-order valence-corrected chi connectivity index (χ1v) is 9.83. The van der Waals surface area contributed by atoms with Gasteiger partial charge in [0.2, 0.25) is 10.0 Å². The topological polar surface area (TPSA) is 53.5 Å². The van der Waals surface area contributed by atoms with Crippen molar-refractivity contribution in [1.82, 2.24) is 14.2 Å². The van der Waals surface area contributed by atoms with E-state index < -0.39 is 10.0 Å². The first-order valence-electron chi connectivity index (χ1n) is 8.22. The van der Waals surface area contributed by atoms with Crippen LogP contribution in [0.25, 0.3) is 0 Å². The van der Waals surface area contributed by atoms with Crippen molar-refractivity contribution in [2.75, 3.05) is 26.2 Å². The van der Waals surface area contributed by atoms with Crippen LogP contribution in [-0.4, -0.2) is 48.8 Å². The van der Waals surface area contributed by atoms with Crippen molar-refractivity contribution in [3.05, 3.63) is 66.0 Å². The Morgan fingerprint density at radius 3 is 2.25 bits per heavy atom. The average Bonchev–Trinajstić information content (AvgIpc) is 2.62. The van der Waals surface area contributed by atoms with Crippen LogP contribution in [0.3, 0.4) is 0 Å². The lowest BCUT2D eigenvalue weighted by Gasteiger charge is -2.37. The molecule has 1 aromatic carbocycles. The number of rotatable bonds is 5. The molecule has 0 bridgehead atoms. The molecule has 1 saturated heterocycles. The molecule has 0 N–H and O–H groups in total. The van der Waals surface area contributed by atoms with Crippen LogP contribution in [0.15, 0.2) is 54.9 Å². The molecule has 3 rings (SSSR count). The van der Waals surface area contributed by atoms with Crippen LogP contribution in [0.5, 0.6) is 0 Å². The predicted octanol–water partition coefficient (Wildman–Crippen LogP) is 2.29. The van der Waals surface area contributed by atoms with Gasteiger partial charge in [-0.05, 0) is 30.2 Å². The van der Waals surface area contributed by atoms with E-state index in [9.17, 15) is 8.42 Å². The molecule has 0 spiro atoms. The minimum absolute atomic E-state index is 0.0771. The molecule has 0 aliphatic carbocycles. The zero-order chi connectivity index (χ0) is 17.0. The van der Waals surface area contributed by atoms with Gasteiger partial charge in [0.1, 0.15) is 0 Å². The van der Waals surface area contributed by atoms with Gasteiger partial charge in [-0.2, -0.15) is 4.31 Å². The molecule has 24 heavy (non-hydrogen) atoms. The van der Waals surface area contributed by atoms with Gasteiger partial charge < -0.3 is 0 Å². The third-order valence-corrected chi connectivity index (χ3v) is 6.44. The third kappa shape index (κ3) is 4.01. The molecule has 5 nitrogen and oxygen atoms in total. The van der Waals surface area contributed by atoms with E-state index >= 15 is 0 Å². The highest BCUT2D eigenvalue weighted by Crippen LogP contribution is 2.22. The second-order valence-electron chi connectivity index (χ2n) is 6.13. The number of hydrogen-bond acceptors (Lipinski definition) is 4. The quantitative estimate of drug-likeness (QED) is 0.834. The number of pyridine rings is 1. The molecule has 2 heterocycles. The highest BCUT2D eigenvalue weighted by molar-refractivity contribution is 7.88. The molecular formula is C18H23N3O2S. The maximum Gasteiger partial charge on any atom is 0.218 e. The summed E-state index contributed by atoms with van der Waals surface area (Å²) >= 11 is 0. The lowest BCUT2D eigenvalue weighted by atomic mass is 10.1. The van der Waals surface area contributed by atoms with Gasteiger partial charge in [-0.15, -0.1) is 0 Å². The number of benzene rings is 1. The highest BCUT2D eigenvalue weighted by atomic mass is 32.2. The zero-order valence-corrected chi connectivity index (χ0v) is 14.7. The van der Waals surface area contributed by atoms with Crippen molar-refractivity contribution >= 4 is 10.0 Å². The maximum absolute atomic E-state index is 12.6. The molecule has 0 unspecified atom stereocenters. The molecule has 1 aliphatic rings. The van der Waals surface area contributed by atoms with E-state index in [0.29, 0.717) is 13.1 Å². The second kappa shape index (κ2) is 7.42. The van der Waals surface area contributed by atoms with Crippen molar-refractivity contribution in [1.29, 1.82) is 0 Å². The Morgan fingerprint density at radius 2 is 1.62 bits per heavy atom. The van der Waals surface area contributed by atoms with Gasteiger partial charge in [-0.1, -0.05) is 30.3 Å². The second-order valence-corrected chi connectivity index (χ2v) is 8.10. The van der Waals surface area contributed by atoms with Gasteiger partial charge in [0.05, 0.1) is 5.75 Å². The van der Waals surface area contributed by atoms with E-state index in [-0.39, 0.29) is 11.8 Å². The van der Waals surface area contributed by atoms with E-state index in [1.54, 1.807) is 16.7 Å². The van der Waals surface area contributed by atoms with Gasteiger partial charge in [-0.25, -0.2) is 8.42 Å². The molecule has 0 saturated carbocycles. The maximum atomic E-state index is 12.6. The van der Waals surface area contributed by atoms with Gasteiger partial charge in [0.25, 0.3) is 0 Å². The Balaban J connectivity index is 1.60. The minimum atomic E-state index is -3.25. The summed E-state index contributed by atoms with van der Waals surface area (Å²) in [7, 11) is -3.25. The summed E-state index contributed by atoms with van der Waals surface area (Å²) in [6.07, 6.45) is 3.60. The van der Waals surface area contributed by atoms with Gasteiger partial charge in [-0.3, -0.25) is 9.88 Å². The summed E-state index contributed by atoms with van der Waals surface area (Å²) in [4.78, 5) is 6.37. The molecule has 0 amide bonds. The minimum Gasteiger partial charge on any atom is -0.294 e. The fourth-order valence-corrected chi connectivity index (χ4v) is 4.61. The molecule has 1 atom stereocenters. The SMILES string of the molecule is C[C@@H](c1ccncc1)N1CCN(S(=O)(=O)Cc2ccccc2)CC1. The summed E-state index contributed by atoms with van der Waals surface area (Å²) < 4.78 is 26.8. The zero-order valence-electron chi connectivity index (χ0n) is 13.9. The Hall–Kier alpha value is -1.76. The van der Waals surface area contributed by atoms with Crippen LogP contribution in [0.1, 0.15) is 24.1 Å². The largest absolute Gasteiger partial charge is 0.294 e. The molecule has 0 radical (unpaired) electrons. The van der Waals surface area contributed by atoms with E-state index in [4.69, 9.17) is 0 Å². The molecule has 6 heteroatoms. The Morgan fingerprint density at radius 1 is 1.00 bits per heavy atom. The van der Waals surface area contributed by atoms with Crippen LogP contribution < -0.4 is 0 Å². The molecule has 1 aromatic heterocycles. The Kier molecular flexibility index (Phi) is 5.28. The summed E-state index contributed by atoms with van der Waals surface area (Å²) in [5.41, 5.74) is 2.05. The summed E-state index contributed by atoms with van der Waals surface area (Å²) in [6.45, 7) is 4.74. The Labute approximate surface area is 144 Å². The fourth-order valence-electron chi connectivity index (χ4n) is 3.10. The van der Waals surface area contributed by atoms with Crippen LogP contribution in [0.4, 0.5) is 0 Å². The third-order valence-electron chi connectivity index (χ3n) is 4.59. The molecular weight excluding hydrogens is 322 g/mol. The molecule has 128 valence electrons. The van der Waals surface area contributed by atoms with Crippen molar-refractivity contribution in [2.24, 2.45) is 0 Å². The monoisotopic (exact) mass is 345 g/mol. The molecule has 2 aromatic rings. The molecule has 1 aliphatic heterocycles. The van der Waals surface area contributed by atoms with Gasteiger partial charge >= 0.3 is 0 Å². The van der Waals surface area contributed by atoms with Crippen LogP contribution in [0, 0.1) is 0 Å². The lowest BCUT2D eigenvalue weighted by molar-refractivity contribution is 0.145. The van der Waals surface area contributed by atoms with Gasteiger partial charge in [0.15, 0.2) is 0 Å². The van der Waals surface area contributed by atoms with E-state index in [1.165, 1.54) is 5.56 Å². The van der Waals surface area contributed by atoms with Gasteiger partial charge in [0, 0.05) is 44.6 Å². The predicted molar refractivity (Wildman–Crippen MR) is 94.9 cm³/mol. The van der Waals surface area contributed by atoms with Crippen LogP contribution >= 0.6 is 0 Å². The Bertz CT molecular complexity index is 742. The van der Waals surface area contributed by atoms with E-state index in [1.807, 2.05) is 42.5 Å². The first kappa shape index (κ1) is 17.1. The van der Waals surface area contributed by atoms with E-state index in [0.717, 1.165) is 18.7 Å². The van der Waals surface area contributed by atoms with Crippen LogP contribution in [-0.2, 0) is 15.8 Å². The number of sulfonamides is 1. The van der Waals surface area contributed by atoms with Crippen molar-refractivity contribution < 1.29 is 8.42 Å². The first-order chi connectivity index (χ1) is 11.6. The summed E-state index contributed by atoms with van der Waals surface area (Å²) in [5.74, 6) is 0.0771. The highest BCUT2D eigenvalue weighted by Gasteiger charge is 2.29. The van der Waals surface area contributed by atoms with Crippen LogP contribution in [0.2, 0.25) is 0 Å². The van der Waals surface area contributed by atoms with Crippen molar-refractivity contribution in [3.8, 4) is 0 Å². The number of aromatic nitrogens is 1.